The van der Waals surface area contributed by atoms with Gasteiger partial charge < -0.3 is 5.32 Å². The van der Waals surface area contributed by atoms with Crippen molar-refractivity contribution >= 4 is 45.0 Å². The first-order valence-electron chi connectivity index (χ1n) is 8.77. The number of anilines is 2. The predicted molar refractivity (Wildman–Crippen MR) is 118 cm³/mol. The van der Waals surface area contributed by atoms with Crippen molar-refractivity contribution in [1.82, 2.24) is 0 Å². The van der Waals surface area contributed by atoms with E-state index in [1.807, 2.05) is 19.1 Å². The maximum Gasteiger partial charge on any atom is 0.261 e. The molecule has 2 N–H and O–H groups in total. The second-order valence-electron chi connectivity index (χ2n) is 6.32. The molecule has 3 aromatic carbocycles. The molecule has 0 fully saturated rings. The minimum atomic E-state index is -3.72. The van der Waals surface area contributed by atoms with Crippen LogP contribution in [-0.4, -0.2) is 14.3 Å². The van der Waals surface area contributed by atoms with Gasteiger partial charge in [-0.25, -0.2) is 8.42 Å². The molecule has 0 aliphatic heterocycles. The molecule has 0 aromatic heterocycles. The van der Waals surface area contributed by atoms with Crippen molar-refractivity contribution in [2.75, 3.05) is 10.0 Å². The molecule has 0 saturated heterocycles. The molecule has 3 aromatic rings. The summed E-state index contributed by atoms with van der Waals surface area (Å²) < 4.78 is 27.7. The third kappa shape index (κ3) is 5.70. The number of hydrogen-bond donors (Lipinski definition) is 2. The molecule has 7 heteroatoms. The number of amides is 1. The van der Waals surface area contributed by atoms with Gasteiger partial charge in [0, 0.05) is 16.8 Å². The minimum Gasteiger partial charge on any atom is -0.323 e. The second-order valence-corrected chi connectivity index (χ2v) is 8.44. The highest BCUT2D eigenvalue weighted by Gasteiger charge is 2.15. The van der Waals surface area contributed by atoms with E-state index >= 15 is 0 Å². The number of halogens is 1. The van der Waals surface area contributed by atoms with Crippen LogP contribution >= 0.6 is 11.6 Å². The maximum atomic E-state index is 12.6. The fourth-order valence-electron chi connectivity index (χ4n) is 2.54. The standard InChI is InChI=1S/C22H19ClN2O3S/c1-16-4-2-3-5-21(16)25-29(27,28)20-13-11-19(12-14-20)24-22(26)15-8-17-6-9-18(23)10-7-17/h2-15,25H,1H3,(H,24,26)/b15-8+. The first kappa shape index (κ1) is 20.6. The van der Waals surface area contributed by atoms with Crippen molar-refractivity contribution in [1.29, 1.82) is 0 Å². The van der Waals surface area contributed by atoms with Gasteiger partial charge >= 0.3 is 0 Å². The van der Waals surface area contributed by atoms with Crippen LogP contribution in [-0.2, 0) is 14.8 Å². The van der Waals surface area contributed by atoms with E-state index in [9.17, 15) is 13.2 Å². The van der Waals surface area contributed by atoms with Gasteiger partial charge in [0.15, 0.2) is 0 Å². The zero-order valence-corrected chi connectivity index (χ0v) is 17.2. The van der Waals surface area contributed by atoms with Crippen LogP contribution in [0.4, 0.5) is 11.4 Å². The maximum absolute atomic E-state index is 12.6. The van der Waals surface area contributed by atoms with E-state index in [0.29, 0.717) is 16.4 Å². The van der Waals surface area contributed by atoms with E-state index in [-0.39, 0.29) is 10.8 Å². The molecular formula is C22H19ClN2O3S. The van der Waals surface area contributed by atoms with Crippen LogP contribution in [0.2, 0.25) is 5.02 Å². The Morgan fingerprint density at radius 3 is 2.24 bits per heavy atom. The van der Waals surface area contributed by atoms with Gasteiger partial charge in [0.25, 0.3) is 10.0 Å². The topological polar surface area (TPSA) is 75.3 Å². The third-order valence-electron chi connectivity index (χ3n) is 4.12. The van der Waals surface area contributed by atoms with E-state index < -0.39 is 10.0 Å². The van der Waals surface area contributed by atoms with E-state index in [4.69, 9.17) is 11.6 Å². The molecule has 0 unspecified atom stereocenters. The van der Waals surface area contributed by atoms with Gasteiger partial charge in [-0.2, -0.15) is 0 Å². The summed E-state index contributed by atoms with van der Waals surface area (Å²) in [6.45, 7) is 1.83. The zero-order valence-electron chi connectivity index (χ0n) is 15.6. The zero-order chi connectivity index (χ0) is 20.9. The Morgan fingerprint density at radius 1 is 0.931 bits per heavy atom. The van der Waals surface area contributed by atoms with Gasteiger partial charge in [-0.15, -0.1) is 0 Å². The van der Waals surface area contributed by atoms with Crippen molar-refractivity contribution in [3.05, 3.63) is 95.0 Å². The summed E-state index contributed by atoms with van der Waals surface area (Å²) in [6.07, 6.45) is 3.06. The van der Waals surface area contributed by atoms with Crippen LogP contribution in [0.1, 0.15) is 11.1 Å². The fraction of sp³-hybridized carbons (Fsp3) is 0.0455. The minimum absolute atomic E-state index is 0.107. The van der Waals surface area contributed by atoms with Gasteiger partial charge in [0.1, 0.15) is 0 Å². The highest BCUT2D eigenvalue weighted by Crippen LogP contribution is 2.20. The lowest BCUT2D eigenvalue weighted by Crippen LogP contribution is -2.14. The van der Waals surface area contributed by atoms with Crippen molar-refractivity contribution in [2.45, 2.75) is 11.8 Å². The van der Waals surface area contributed by atoms with Gasteiger partial charge in [0.05, 0.1) is 10.6 Å². The summed E-state index contributed by atoms with van der Waals surface area (Å²) in [7, 11) is -3.72. The number of rotatable bonds is 6. The molecule has 0 aliphatic carbocycles. The average molecular weight is 427 g/mol. The molecule has 0 bridgehead atoms. The van der Waals surface area contributed by atoms with Crippen molar-refractivity contribution < 1.29 is 13.2 Å². The van der Waals surface area contributed by atoms with Crippen molar-refractivity contribution in [3.8, 4) is 0 Å². The van der Waals surface area contributed by atoms with Crippen molar-refractivity contribution in [3.63, 3.8) is 0 Å². The highest BCUT2D eigenvalue weighted by atomic mass is 35.5. The molecule has 5 nitrogen and oxygen atoms in total. The summed E-state index contributed by atoms with van der Waals surface area (Å²) in [5.74, 6) is -0.325. The molecule has 0 atom stereocenters. The second kappa shape index (κ2) is 8.94. The van der Waals surface area contributed by atoms with Gasteiger partial charge in [0.2, 0.25) is 5.91 Å². The predicted octanol–water partition coefficient (Wildman–Crippen LogP) is 5.10. The molecule has 0 radical (unpaired) electrons. The molecule has 0 spiro atoms. The van der Waals surface area contributed by atoms with Crippen LogP contribution < -0.4 is 10.0 Å². The number of hydrogen-bond acceptors (Lipinski definition) is 3. The lowest BCUT2D eigenvalue weighted by Gasteiger charge is -2.11. The summed E-state index contributed by atoms with van der Waals surface area (Å²) in [4.78, 5) is 12.2. The Hall–Kier alpha value is -3.09. The molecule has 29 heavy (non-hydrogen) atoms. The van der Waals surface area contributed by atoms with Crippen LogP contribution in [0.3, 0.4) is 0 Å². The molecule has 148 valence electrons. The molecule has 0 aliphatic rings. The smallest absolute Gasteiger partial charge is 0.261 e. The molecule has 0 heterocycles. The number of carbonyl (C=O) groups excluding carboxylic acids is 1. The SMILES string of the molecule is Cc1ccccc1NS(=O)(=O)c1ccc(NC(=O)/C=C/c2ccc(Cl)cc2)cc1. The Balaban J connectivity index is 1.65. The van der Waals surface area contributed by atoms with Gasteiger partial charge in [-0.05, 0) is 66.6 Å². The van der Waals surface area contributed by atoms with Crippen LogP contribution in [0.15, 0.2) is 83.8 Å². The van der Waals surface area contributed by atoms with E-state index in [0.717, 1.165) is 11.1 Å². The molecule has 0 saturated carbocycles. The number of nitrogens with one attached hydrogen (secondary N) is 2. The number of aryl methyl sites for hydroxylation is 1. The first-order chi connectivity index (χ1) is 13.8. The number of para-hydroxylation sites is 1. The summed E-state index contributed by atoms with van der Waals surface area (Å²) in [5.41, 5.74) is 2.68. The van der Waals surface area contributed by atoms with E-state index in [1.165, 1.54) is 18.2 Å². The Kier molecular flexibility index (Phi) is 6.36. The largest absolute Gasteiger partial charge is 0.323 e. The normalized spacial score (nSPS) is 11.4. The Bertz CT molecular complexity index is 1140. The fourth-order valence-corrected chi connectivity index (χ4v) is 3.80. The monoisotopic (exact) mass is 426 g/mol. The van der Waals surface area contributed by atoms with Crippen molar-refractivity contribution in [2.24, 2.45) is 0 Å². The van der Waals surface area contributed by atoms with E-state index in [1.54, 1.807) is 54.6 Å². The van der Waals surface area contributed by atoms with Crippen LogP contribution in [0.5, 0.6) is 0 Å². The average Bonchev–Trinajstić information content (AvgIpc) is 2.70. The van der Waals surface area contributed by atoms with Gasteiger partial charge in [-0.1, -0.05) is 41.9 Å². The Labute approximate surface area is 175 Å². The Morgan fingerprint density at radius 2 is 1.59 bits per heavy atom. The summed E-state index contributed by atoms with van der Waals surface area (Å²) in [5, 5.41) is 3.32. The van der Waals surface area contributed by atoms with Crippen LogP contribution in [0.25, 0.3) is 6.08 Å². The number of sulfonamides is 1. The lowest BCUT2D eigenvalue weighted by atomic mass is 10.2. The lowest BCUT2D eigenvalue weighted by molar-refractivity contribution is -0.111. The van der Waals surface area contributed by atoms with Crippen LogP contribution in [0, 0.1) is 6.92 Å². The number of carbonyl (C=O) groups is 1. The summed E-state index contributed by atoms with van der Waals surface area (Å²) >= 11 is 5.83. The van der Waals surface area contributed by atoms with Gasteiger partial charge in [-0.3, -0.25) is 9.52 Å². The molecule has 3 rings (SSSR count). The number of benzene rings is 3. The third-order valence-corrected chi connectivity index (χ3v) is 5.75. The molecule has 1 amide bonds. The quantitative estimate of drug-likeness (QED) is 0.538. The first-order valence-corrected chi connectivity index (χ1v) is 10.6. The molecular weight excluding hydrogens is 408 g/mol. The summed E-state index contributed by atoms with van der Waals surface area (Å²) in [6, 6.07) is 20.2. The van der Waals surface area contributed by atoms with E-state index in [2.05, 4.69) is 10.0 Å². The highest BCUT2D eigenvalue weighted by molar-refractivity contribution is 7.92.